The highest BCUT2D eigenvalue weighted by Crippen LogP contribution is 2.33. The fourth-order valence-electron chi connectivity index (χ4n) is 2.99. The normalized spacial score (nSPS) is 11.2. The lowest BCUT2D eigenvalue weighted by molar-refractivity contribution is 0.425. The first kappa shape index (κ1) is 16.9. The first-order valence-electron chi connectivity index (χ1n) is 8.14. The molecule has 2 aromatic carbocycles. The Kier molecular flexibility index (Phi) is 3.95. The predicted octanol–water partition coefficient (Wildman–Crippen LogP) is 3.72. The fourth-order valence-corrected chi connectivity index (χ4v) is 2.99. The third-order valence-corrected chi connectivity index (χ3v) is 4.24. The fraction of sp³-hybridized carbons (Fsp3) is 0.105. The van der Waals surface area contributed by atoms with Gasteiger partial charge in [-0.1, -0.05) is 17.3 Å². The third kappa shape index (κ3) is 2.75. The smallest absolute Gasteiger partial charge is 0.267 e. The summed E-state index contributed by atoms with van der Waals surface area (Å²) < 4.78 is 33.5. The summed E-state index contributed by atoms with van der Waals surface area (Å²) in [5.41, 5.74) is -0.162. The minimum Gasteiger partial charge on any atom is -0.506 e. The van der Waals surface area contributed by atoms with E-state index in [9.17, 15) is 18.7 Å². The van der Waals surface area contributed by atoms with Gasteiger partial charge in [0.05, 0.1) is 5.52 Å². The van der Waals surface area contributed by atoms with Gasteiger partial charge in [0.15, 0.2) is 0 Å². The summed E-state index contributed by atoms with van der Waals surface area (Å²) in [6.07, 6.45) is 0. The molecule has 6 nitrogen and oxygen atoms in total. The maximum absolute atomic E-state index is 13.6. The van der Waals surface area contributed by atoms with Gasteiger partial charge in [-0.2, -0.15) is 4.98 Å². The van der Waals surface area contributed by atoms with E-state index in [0.29, 0.717) is 5.56 Å². The van der Waals surface area contributed by atoms with Crippen LogP contribution in [-0.2, 0) is 6.54 Å². The van der Waals surface area contributed by atoms with Crippen LogP contribution in [-0.4, -0.2) is 19.8 Å². The highest BCUT2D eigenvalue weighted by atomic mass is 19.1. The number of aromatic nitrogens is 3. The Labute approximate surface area is 151 Å². The lowest BCUT2D eigenvalue weighted by Gasteiger charge is -2.11. The lowest BCUT2D eigenvalue weighted by Crippen LogP contribution is -2.21. The van der Waals surface area contributed by atoms with Gasteiger partial charge in [-0.25, -0.2) is 8.78 Å². The molecule has 0 aliphatic heterocycles. The van der Waals surface area contributed by atoms with Gasteiger partial charge in [0.2, 0.25) is 5.82 Å². The highest BCUT2D eigenvalue weighted by Gasteiger charge is 2.23. The summed E-state index contributed by atoms with van der Waals surface area (Å²) in [4.78, 5) is 17.0. The summed E-state index contributed by atoms with van der Waals surface area (Å²) in [5, 5.41) is 14.6. The average Bonchev–Trinajstić information content (AvgIpc) is 3.12. The number of fused-ring (bicyclic) bond motifs is 1. The first-order valence-corrected chi connectivity index (χ1v) is 8.14. The SMILES string of the molecule is CCn1c(=O)c(-c2nc(-c3cccc(F)c3)no2)c(O)c2ccc(F)cc21. The van der Waals surface area contributed by atoms with Crippen molar-refractivity contribution >= 4 is 10.9 Å². The largest absolute Gasteiger partial charge is 0.506 e. The Morgan fingerprint density at radius 2 is 1.93 bits per heavy atom. The second-order valence-corrected chi connectivity index (χ2v) is 5.87. The highest BCUT2D eigenvalue weighted by molar-refractivity contribution is 5.91. The molecular formula is C19H13F2N3O3. The van der Waals surface area contributed by atoms with Gasteiger partial charge in [0, 0.05) is 17.5 Å². The number of nitrogens with zero attached hydrogens (tertiary/aromatic N) is 3. The van der Waals surface area contributed by atoms with E-state index in [1.54, 1.807) is 13.0 Å². The monoisotopic (exact) mass is 369 g/mol. The quantitative estimate of drug-likeness (QED) is 0.595. The van der Waals surface area contributed by atoms with E-state index in [2.05, 4.69) is 10.1 Å². The molecule has 0 saturated carbocycles. The molecule has 1 N–H and O–H groups in total. The van der Waals surface area contributed by atoms with E-state index in [4.69, 9.17) is 4.52 Å². The van der Waals surface area contributed by atoms with E-state index < -0.39 is 17.2 Å². The molecule has 4 aromatic rings. The second kappa shape index (κ2) is 6.31. The second-order valence-electron chi connectivity index (χ2n) is 5.87. The molecule has 0 saturated heterocycles. The van der Waals surface area contributed by atoms with E-state index in [1.807, 2.05) is 0 Å². The zero-order chi connectivity index (χ0) is 19.1. The Morgan fingerprint density at radius 3 is 2.67 bits per heavy atom. The van der Waals surface area contributed by atoms with E-state index in [-0.39, 0.29) is 40.5 Å². The first-order chi connectivity index (χ1) is 13.0. The van der Waals surface area contributed by atoms with Crippen LogP contribution >= 0.6 is 0 Å². The van der Waals surface area contributed by atoms with Crippen molar-refractivity contribution in [3.8, 4) is 28.6 Å². The van der Waals surface area contributed by atoms with Crippen LogP contribution in [0.3, 0.4) is 0 Å². The van der Waals surface area contributed by atoms with Crippen LogP contribution < -0.4 is 5.56 Å². The number of rotatable bonds is 3. The van der Waals surface area contributed by atoms with Crippen molar-refractivity contribution in [1.29, 1.82) is 0 Å². The minimum atomic E-state index is -0.595. The zero-order valence-electron chi connectivity index (χ0n) is 14.1. The molecule has 0 unspecified atom stereocenters. The van der Waals surface area contributed by atoms with Crippen LogP contribution in [0, 0.1) is 11.6 Å². The molecule has 0 atom stereocenters. The molecule has 0 radical (unpaired) electrons. The van der Waals surface area contributed by atoms with Gasteiger partial charge >= 0.3 is 0 Å². The number of benzene rings is 2. The Hall–Kier alpha value is -3.55. The van der Waals surface area contributed by atoms with Gasteiger partial charge in [0.1, 0.15) is 22.9 Å². The number of hydrogen-bond acceptors (Lipinski definition) is 5. The summed E-state index contributed by atoms with van der Waals surface area (Å²) in [7, 11) is 0. The molecule has 0 spiro atoms. The number of aryl methyl sites for hydroxylation is 1. The van der Waals surface area contributed by atoms with E-state index in [1.165, 1.54) is 41.0 Å². The molecule has 27 heavy (non-hydrogen) atoms. The van der Waals surface area contributed by atoms with Crippen molar-refractivity contribution in [3.05, 3.63) is 64.5 Å². The van der Waals surface area contributed by atoms with Crippen molar-refractivity contribution in [3.63, 3.8) is 0 Å². The predicted molar refractivity (Wildman–Crippen MR) is 94.2 cm³/mol. The van der Waals surface area contributed by atoms with Crippen LogP contribution in [0.15, 0.2) is 51.8 Å². The standard InChI is InChI=1S/C19H13F2N3O3/c1-2-24-14-9-12(21)6-7-13(14)16(25)15(19(24)26)18-22-17(23-27-18)10-4-3-5-11(20)8-10/h3-9,25H,2H2,1H3. The summed E-state index contributed by atoms with van der Waals surface area (Å²) in [6.45, 7) is 1.97. The molecular weight excluding hydrogens is 356 g/mol. The molecule has 2 heterocycles. The van der Waals surface area contributed by atoms with Crippen LogP contribution in [0.5, 0.6) is 5.75 Å². The Balaban J connectivity index is 1.95. The number of aromatic hydroxyl groups is 1. The number of halogens is 2. The Bertz CT molecular complexity index is 1230. The summed E-state index contributed by atoms with van der Waals surface area (Å²) in [6, 6.07) is 9.32. The van der Waals surface area contributed by atoms with Crippen molar-refractivity contribution in [2.45, 2.75) is 13.5 Å². The minimum absolute atomic E-state index is 0.0746. The molecule has 4 rings (SSSR count). The third-order valence-electron chi connectivity index (χ3n) is 4.24. The molecule has 0 fully saturated rings. The van der Waals surface area contributed by atoms with Crippen LogP contribution in [0.25, 0.3) is 33.7 Å². The van der Waals surface area contributed by atoms with Crippen LogP contribution in [0.2, 0.25) is 0 Å². The maximum Gasteiger partial charge on any atom is 0.267 e. The van der Waals surface area contributed by atoms with Gasteiger partial charge in [-0.3, -0.25) is 4.79 Å². The molecule has 2 aromatic heterocycles. The van der Waals surface area contributed by atoms with Gasteiger partial charge in [-0.15, -0.1) is 0 Å². The zero-order valence-corrected chi connectivity index (χ0v) is 14.1. The lowest BCUT2D eigenvalue weighted by atomic mass is 10.1. The average molecular weight is 369 g/mol. The van der Waals surface area contributed by atoms with Crippen LogP contribution in [0.1, 0.15) is 6.92 Å². The topological polar surface area (TPSA) is 81.2 Å². The van der Waals surface area contributed by atoms with Gasteiger partial charge in [0.25, 0.3) is 11.4 Å². The van der Waals surface area contributed by atoms with Gasteiger partial charge in [-0.05, 0) is 37.3 Å². The molecule has 0 aliphatic carbocycles. The molecule has 0 amide bonds. The van der Waals surface area contributed by atoms with Crippen molar-refractivity contribution < 1.29 is 18.4 Å². The molecule has 8 heteroatoms. The van der Waals surface area contributed by atoms with Crippen LogP contribution in [0.4, 0.5) is 8.78 Å². The molecule has 136 valence electrons. The van der Waals surface area contributed by atoms with Crippen molar-refractivity contribution in [2.75, 3.05) is 0 Å². The summed E-state index contributed by atoms with van der Waals surface area (Å²) in [5.74, 6) is -1.50. The maximum atomic E-state index is 13.6. The Morgan fingerprint density at radius 1 is 1.15 bits per heavy atom. The van der Waals surface area contributed by atoms with Crippen molar-refractivity contribution in [2.24, 2.45) is 0 Å². The summed E-state index contributed by atoms with van der Waals surface area (Å²) >= 11 is 0. The van der Waals surface area contributed by atoms with E-state index >= 15 is 0 Å². The molecule has 0 bridgehead atoms. The van der Waals surface area contributed by atoms with E-state index in [0.717, 1.165) is 0 Å². The number of pyridine rings is 1. The number of hydrogen-bond donors (Lipinski definition) is 1. The molecule has 0 aliphatic rings. The van der Waals surface area contributed by atoms with Crippen molar-refractivity contribution in [1.82, 2.24) is 14.7 Å². The van der Waals surface area contributed by atoms with Gasteiger partial charge < -0.3 is 14.2 Å².